The fourth-order valence-corrected chi connectivity index (χ4v) is 2.30. The van der Waals surface area contributed by atoms with Crippen molar-refractivity contribution in [1.29, 1.82) is 5.26 Å². The summed E-state index contributed by atoms with van der Waals surface area (Å²) < 4.78 is 5.01. The quantitative estimate of drug-likeness (QED) is 0.850. The third-order valence-corrected chi connectivity index (χ3v) is 3.99. The van der Waals surface area contributed by atoms with E-state index in [2.05, 4.69) is 5.32 Å². The molecule has 0 aromatic heterocycles. The number of hydrogen-bond donors (Lipinski definition) is 1. The first-order valence-corrected chi connectivity index (χ1v) is 7.94. The minimum absolute atomic E-state index is 0.180. The van der Waals surface area contributed by atoms with Gasteiger partial charge in [0.15, 0.2) is 6.61 Å². The zero-order valence-corrected chi connectivity index (χ0v) is 14.5. The Balaban J connectivity index is 1.88. The number of benzene rings is 2. The van der Waals surface area contributed by atoms with Gasteiger partial charge in [-0.15, -0.1) is 0 Å². The Morgan fingerprint density at radius 3 is 2.40 bits per heavy atom. The zero-order valence-electron chi connectivity index (χ0n) is 14.5. The molecule has 0 fully saturated rings. The number of esters is 1. The Kier molecular flexibility index (Phi) is 5.91. The Hall–Kier alpha value is -3.13. The molecular formula is C20H20N2O3. The second-order valence-corrected chi connectivity index (χ2v) is 5.90. The fraction of sp³-hybridized carbons (Fsp3) is 0.250. The van der Waals surface area contributed by atoms with Crippen LogP contribution in [0.1, 0.15) is 45.6 Å². The van der Waals surface area contributed by atoms with Crippen LogP contribution in [-0.2, 0) is 9.53 Å². The predicted octanol–water partition coefficient (Wildman–Crippen LogP) is 3.21. The number of amides is 1. The van der Waals surface area contributed by atoms with E-state index in [1.54, 1.807) is 0 Å². The molecule has 1 N–H and O–H groups in total. The lowest BCUT2D eigenvalue weighted by Crippen LogP contribution is -2.31. The lowest BCUT2D eigenvalue weighted by molar-refractivity contribution is -0.124. The van der Waals surface area contributed by atoms with Crippen LogP contribution in [0.25, 0.3) is 0 Å². The number of nitrogens with zero attached hydrogens (tertiary/aromatic N) is 1. The largest absolute Gasteiger partial charge is 0.452 e. The van der Waals surface area contributed by atoms with Crippen LogP contribution in [0.5, 0.6) is 0 Å². The number of nitriles is 1. The molecular weight excluding hydrogens is 316 g/mol. The Morgan fingerprint density at radius 1 is 1.12 bits per heavy atom. The highest BCUT2D eigenvalue weighted by molar-refractivity contribution is 5.91. The molecule has 5 heteroatoms. The average molecular weight is 336 g/mol. The van der Waals surface area contributed by atoms with E-state index in [0.29, 0.717) is 11.1 Å². The van der Waals surface area contributed by atoms with Crippen LogP contribution in [0.3, 0.4) is 0 Å². The highest BCUT2D eigenvalue weighted by atomic mass is 16.5. The van der Waals surface area contributed by atoms with E-state index < -0.39 is 5.97 Å². The normalized spacial score (nSPS) is 11.3. The van der Waals surface area contributed by atoms with Gasteiger partial charge in [0.05, 0.1) is 23.2 Å². The highest BCUT2D eigenvalue weighted by Crippen LogP contribution is 2.16. The number of rotatable bonds is 5. The summed E-state index contributed by atoms with van der Waals surface area (Å²) in [5, 5.41) is 11.5. The van der Waals surface area contributed by atoms with Crippen LogP contribution in [0.15, 0.2) is 42.5 Å². The first-order chi connectivity index (χ1) is 11.9. The van der Waals surface area contributed by atoms with Crippen molar-refractivity contribution < 1.29 is 14.3 Å². The molecule has 2 rings (SSSR count). The summed E-state index contributed by atoms with van der Waals surface area (Å²) in [6, 6.07) is 13.8. The van der Waals surface area contributed by atoms with E-state index in [1.807, 2.05) is 45.0 Å². The molecule has 1 amide bonds. The molecule has 0 heterocycles. The van der Waals surface area contributed by atoms with Gasteiger partial charge in [0.1, 0.15) is 0 Å². The van der Waals surface area contributed by atoms with Crippen LogP contribution < -0.4 is 5.32 Å². The molecule has 0 saturated heterocycles. The first kappa shape index (κ1) is 18.2. The minimum atomic E-state index is -0.599. The SMILES string of the molecule is Cc1ccc([C@@H](C)NC(=O)COC(=O)c2ccc(C#N)cc2)cc1C. The molecule has 2 aromatic rings. The van der Waals surface area contributed by atoms with Crippen LogP contribution in [0.4, 0.5) is 0 Å². The molecule has 1 atom stereocenters. The predicted molar refractivity (Wildman–Crippen MR) is 93.9 cm³/mol. The number of carbonyl (C=O) groups excluding carboxylic acids is 2. The summed E-state index contributed by atoms with van der Waals surface area (Å²) in [5.41, 5.74) is 4.10. The second-order valence-electron chi connectivity index (χ2n) is 5.90. The Bertz CT molecular complexity index is 820. The van der Waals surface area contributed by atoms with Crippen molar-refractivity contribution in [2.75, 3.05) is 6.61 Å². The van der Waals surface area contributed by atoms with Gasteiger partial charge < -0.3 is 10.1 Å². The number of carbonyl (C=O) groups is 2. The maximum Gasteiger partial charge on any atom is 0.338 e. The van der Waals surface area contributed by atoms with E-state index in [9.17, 15) is 9.59 Å². The smallest absolute Gasteiger partial charge is 0.338 e. The third-order valence-electron chi connectivity index (χ3n) is 3.99. The number of ether oxygens (including phenoxy) is 1. The summed E-state index contributed by atoms with van der Waals surface area (Å²) in [6.45, 7) is 5.58. The summed E-state index contributed by atoms with van der Waals surface area (Å²) in [7, 11) is 0. The zero-order chi connectivity index (χ0) is 18.4. The first-order valence-electron chi connectivity index (χ1n) is 7.94. The number of hydrogen-bond acceptors (Lipinski definition) is 4. The summed E-state index contributed by atoms with van der Waals surface area (Å²) in [6.07, 6.45) is 0. The molecule has 0 spiro atoms. The summed E-state index contributed by atoms with van der Waals surface area (Å²) >= 11 is 0. The van der Waals surface area contributed by atoms with E-state index in [-0.39, 0.29) is 18.6 Å². The molecule has 0 saturated carbocycles. The van der Waals surface area contributed by atoms with Gasteiger partial charge in [0, 0.05) is 0 Å². The summed E-state index contributed by atoms with van der Waals surface area (Å²) in [5.74, 6) is -0.966. The van der Waals surface area contributed by atoms with Crippen molar-refractivity contribution in [2.45, 2.75) is 26.8 Å². The second kappa shape index (κ2) is 8.11. The van der Waals surface area contributed by atoms with Crippen LogP contribution >= 0.6 is 0 Å². The van der Waals surface area contributed by atoms with Crippen molar-refractivity contribution in [3.05, 3.63) is 70.3 Å². The van der Waals surface area contributed by atoms with E-state index in [1.165, 1.54) is 29.8 Å². The van der Waals surface area contributed by atoms with E-state index >= 15 is 0 Å². The highest BCUT2D eigenvalue weighted by Gasteiger charge is 2.13. The van der Waals surface area contributed by atoms with Crippen LogP contribution in [0.2, 0.25) is 0 Å². The molecule has 0 radical (unpaired) electrons. The maximum absolute atomic E-state index is 12.0. The maximum atomic E-state index is 12.0. The Morgan fingerprint density at radius 2 is 1.80 bits per heavy atom. The molecule has 128 valence electrons. The van der Waals surface area contributed by atoms with Gasteiger partial charge in [-0.1, -0.05) is 18.2 Å². The van der Waals surface area contributed by atoms with E-state index in [0.717, 1.165) is 11.1 Å². The molecule has 0 aliphatic heterocycles. The molecule has 2 aromatic carbocycles. The Labute approximate surface area is 147 Å². The van der Waals surface area contributed by atoms with Gasteiger partial charge in [-0.2, -0.15) is 5.26 Å². The van der Waals surface area contributed by atoms with Crippen molar-refractivity contribution in [3.8, 4) is 6.07 Å². The van der Waals surface area contributed by atoms with Crippen molar-refractivity contribution in [1.82, 2.24) is 5.32 Å². The third kappa shape index (κ3) is 4.92. The monoisotopic (exact) mass is 336 g/mol. The molecule has 5 nitrogen and oxygen atoms in total. The standard InChI is InChI=1S/C20H20N2O3/c1-13-4-7-18(10-14(13)2)15(3)22-19(23)12-25-20(24)17-8-5-16(11-21)6-9-17/h4-10,15H,12H2,1-3H3,(H,22,23)/t15-/m1/s1. The van der Waals surface area contributed by atoms with Gasteiger partial charge in [-0.25, -0.2) is 4.79 Å². The average Bonchev–Trinajstić information content (AvgIpc) is 2.62. The minimum Gasteiger partial charge on any atom is -0.452 e. The van der Waals surface area contributed by atoms with Gasteiger partial charge in [0.25, 0.3) is 5.91 Å². The van der Waals surface area contributed by atoms with Gasteiger partial charge in [-0.05, 0) is 61.7 Å². The van der Waals surface area contributed by atoms with E-state index in [4.69, 9.17) is 10.00 Å². The lowest BCUT2D eigenvalue weighted by Gasteiger charge is -2.15. The molecule has 25 heavy (non-hydrogen) atoms. The molecule has 0 unspecified atom stereocenters. The van der Waals surface area contributed by atoms with Gasteiger partial charge in [-0.3, -0.25) is 4.79 Å². The fourth-order valence-electron chi connectivity index (χ4n) is 2.30. The van der Waals surface area contributed by atoms with Crippen molar-refractivity contribution in [2.24, 2.45) is 0 Å². The molecule has 0 bridgehead atoms. The van der Waals surface area contributed by atoms with Crippen LogP contribution in [-0.4, -0.2) is 18.5 Å². The van der Waals surface area contributed by atoms with Crippen molar-refractivity contribution in [3.63, 3.8) is 0 Å². The van der Waals surface area contributed by atoms with Crippen LogP contribution in [0, 0.1) is 25.2 Å². The lowest BCUT2D eigenvalue weighted by atomic mass is 10.0. The molecule has 0 aliphatic rings. The van der Waals surface area contributed by atoms with Gasteiger partial charge >= 0.3 is 5.97 Å². The van der Waals surface area contributed by atoms with Crippen molar-refractivity contribution >= 4 is 11.9 Å². The number of aryl methyl sites for hydroxylation is 2. The number of nitrogens with one attached hydrogen (secondary N) is 1. The summed E-state index contributed by atoms with van der Waals surface area (Å²) in [4.78, 5) is 23.9. The molecule has 0 aliphatic carbocycles. The topological polar surface area (TPSA) is 79.2 Å². The van der Waals surface area contributed by atoms with Gasteiger partial charge in [0.2, 0.25) is 0 Å².